The SMILES string of the molecule is CC(=O)OC[C@H]1COc2cscc2O1. The zero-order valence-corrected chi connectivity index (χ0v) is 8.50. The molecule has 1 aliphatic heterocycles. The molecule has 76 valence electrons. The third-order valence-corrected chi connectivity index (χ3v) is 2.48. The fourth-order valence-corrected chi connectivity index (χ4v) is 1.82. The summed E-state index contributed by atoms with van der Waals surface area (Å²) >= 11 is 1.52. The maximum absolute atomic E-state index is 10.6. The number of carbonyl (C=O) groups excluding carboxylic acids is 1. The fourth-order valence-electron chi connectivity index (χ4n) is 1.15. The summed E-state index contributed by atoms with van der Waals surface area (Å²) in [5.74, 6) is 1.21. The number of thiophene rings is 1. The van der Waals surface area contributed by atoms with Gasteiger partial charge in [-0.1, -0.05) is 0 Å². The summed E-state index contributed by atoms with van der Waals surface area (Å²) in [5, 5.41) is 3.76. The largest absolute Gasteiger partial charge is 0.485 e. The van der Waals surface area contributed by atoms with Gasteiger partial charge in [-0.3, -0.25) is 4.79 Å². The Hall–Kier alpha value is -1.23. The van der Waals surface area contributed by atoms with Crippen LogP contribution in [0.1, 0.15) is 6.92 Å². The summed E-state index contributed by atoms with van der Waals surface area (Å²) in [7, 11) is 0. The lowest BCUT2D eigenvalue weighted by Crippen LogP contribution is -2.33. The first-order chi connectivity index (χ1) is 6.75. The molecule has 0 aliphatic carbocycles. The number of carbonyl (C=O) groups is 1. The van der Waals surface area contributed by atoms with Gasteiger partial charge >= 0.3 is 5.97 Å². The van der Waals surface area contributed by atoms with Crippen molar-refractivity contribution < 1.29 is 19.0 Å². The van der Waals surface area contributed by atoms with E-state index < -0.39 is 0 Å². The highest BCUT2D eigenvalue weighted by Gasteiger charge is 2.22. The molecular weight excluding hydrogens is 204 g/mol. The van der Waals surface area contributed by atoms with Crippen molar-refractivity contribution in [2.45, 2.75) is 13.0 Å². The Balaban J connectivity index is 1.91. The Morgan fingerprint density at radius 3 is 3.21 bits per heavy atom. The Morgan fingerprint density at radius 2 is 2.43 bits per heavy atom. The highest BCUT2D eigenvalue weighted by molar-refractivity contribution is 7.08. The molecule has 4 nitrogen and oxygen atoms in total. The molecule has 0 radical (unpaired) electrons. The van der Waals surface area contributed by atoms with E-state index in [0.29, 0.717) is 6.61 Å². The van der Waals surface area contributed by atoms with Crippen molar-refractivity contribution in [3.05, 3.63) is 10.8 Å². The molecule has 2 rings (SSSR count). The van der Waals surface area contributed by atoms with Crippen LogP contribution >= 0.6 is 11.3 Å². The quantitative estimate of drug-likeness (QED) is 0.699. The normalized spacial score (nSPS) is 19.1. The molecule has 0 aromatic carbocycles. The third-order valence-electron chi connectivity index (χ3n) is 1.78. The Kier molecular flexibility index (Phi) is 2.58. The molecule has 5 heteroatoms. The monoisotopic (exact) mass is 214 g/mol. The summed E-state index contributed by atoms with van der Waals surface area (Å²) in [5.41, 5.74) is 0. The van der Waals surface area contributed by atoms with E-state index >= 15 is 0 Å². The molecule has 1 aromatic rings. The van der Waals surface area contributed by atoms with E-state index in [1.165, 1.54) is 18.3 Å². The molecule has 14 heavy (non-hydrogen) atoms. The van der Waals surface area contributed by atoms with Gasteiger partial charge in [0.1, 0.15) is 13.2 Å². The lowest BCUT2D eigenvalue weighted by atomic mass is 10.3. The predicted molar refractivity (Wildman–Crippen MR) is 50.9 cm³/mol. The molecule has 0 fully saturated rings. The lowest BCUT2D eigenvalue weighted by molar-refractivity contribution is -0.144. The van der Waals surface area contributed by atoms with E-state index in [0.717, 1.165) is 11.5 Å². The Morgan fingerprint density at radius 1 is 1.64 bits per heavy atom. The molecule has 0 unspecified atom stereocenters. The van der Waals surface area contributed by atoms with Crippen molar-refractivity contribution in [3.63, 3.8) is 0 Å². The van der Waals surface area contributed by atoms with Gasteiger partial charge in [-0.15, -0.1) is 11.3 Å². The van der Waals surface area contributed by atoms with Crippen LogP contribution in [0.2, 0.25) is 0 Å². The van der Waals surface area contributed by atoms with Gasteiger partial charge in [-0.25, -0.2) is 0 Å². The average Bonchev–Trinajstić information content (AvgIpc) is 2.61. The molecular formula is C9H10O4S. The molecule has 0 saturated carbocycles. The van der Waals surface area contributed by atoms with Crippen LogP contribution in [0.25, 0.3) is 0 Å². The fraction of sp³-hybridized carbons (Fsp3) is 0.444. The number of ether oxygens (including phenoxy) is 3. The van der Waals surface area contributed by atoms with E-state index in [1.54, 1.807) is 0 Å². The summed E-state index contributed by atoms with van der Waals surface area (Å²) in [6.07, 6.45) is -0.194. The van der Waals surface area contributed by atoms with Crippen LogP contribution in [-0.2, 0) is 9.53 Å². The maximum atomic E-state index is 10.6. The number of fused-ring (bicyclic) bond motifs is 1. The van der Waals surface area contributed by atoms with Gasteiger partial charge in [0, 0.05) is 17.7 Å². The zero-order chi connectivity index (χ0) is 9.97. The van der Waals surface area contributed by atoms with Crippen molar-refractivity contribution >= 4 is 17.3 Å². The predicted octanol–water partition coefficient (Wildman–Crippen LogP) is 1.45. The number of hydrogen-bond acceptors (Lipinski definition) is 5. The Labute approximate surface area is 85.4 Å². The van der Waals surface area contributed by atoms with Gasteiger partial charge in [-0.05, 0) is 0 Å². The van der Waals surface area contributed by atoms with Crippen LogP contribution in [0.15, 0.2) is 10.8 Å². The van der Waals surface area contributed by atoms with E-state index in [1.807, 2.05) is 10.8 Å². The van der Waals surface area contributed by atoms with Gasteiger partial charge in [0.25, 0.3) is 0 Å². The summed E-state index contributed by atoms with van der Waals surface area (Å²) in [6.45, 7) is 2.04. The van der Waals surface area contributed by atoms with Gasteiger partial charge in [0.2, 0.25) is 0 Å². The highest BCUT2D eigenvalue weighted by atomic mass is 32.1. The smallest absolute Gasteiger partial charge is 0.302 e. The molecule has 1 atom stereocenters. The lowest BCUT2D eigenvalue weighted by Gasteiger charge is -2.23. The minimum Gasteiger partial charge on any atom is -0.485 e. The van der Waals surface area contributed by atoms with Crippen LogP contribution in [0.3, 0.4) is 0 Å². The zero-order valence-electron chi connectivity index (χ0n) is 7.69. The molecule has 0 N–H and O–H groups in total. The first-order valence-corrected chi connectivity index (χ1v) is 5.19. The topological polar surface area (TPSA) is 44.8 Å². The Bertz CT molecular complexity index is 333. The van der Waals surface area contributed by atoms with Gasteiger partial charge in [0.05, 0.1) is 0 Å². The number of hydrogen-bond donors (Lipinski definition) is 0. The number of rotatable bonds is 2. The van der Waals surface area contributed by atoms with Crippen LogP contribution in [0, 0.1) is 0 Å². The summed E-state index contributed by atoms with van der Waals surface area (Å²) < 4.78 is 15.8. The van der Waals surface area contributed by atoms with E-state index in [9.17, 15) is 4.79 Å². The molecule has 0 saturated heterocycles. The van der Waals surface area contributed by atoms with Gasteiger partial charge < -0.3 is 14.2 Å². The summed E-state index contributed by atoms with van der Waals surface area (Å²) in [6, 6.07) is 0. The first-order valence-electron chi connectivity index (χ1n) is 4.24. The molecule has 2 heterocycles. The maximum Gasteiger partial charge on any atom is 0.302 e. The molecule has 0 bridgehead atoms. The van der Waals surface area contributed by atoms with Crippen LogP contribution in [0.4, 0.5) is 0 Å². The second-order valence-electron chi connectivity index (χ2n) is 2.95. The third kappa shape index (κ3) is 1.98. The van der Waals surface area contributed by atoms with Crippen LogP contribution < -0.4 is 9.47 Å². The van der Waals surface area contributed by atoms with Crippen LogP contribution in [0.5, 0.6) is 11.5 Å². The standard InChI is InChI=1S/C9H10O4S/c1-6(10)11-2-7-3-12-8-4-14-5-9(8)13-7/h4-5,7H,2-3H2,1H3/t7-/m0/s1. The number of esters is 1. The second-order valence-corrected chi connectivity index (χ2v) is 3.70. The van der Waals surface area contributed by atoms with Gasteiger partial charge in [0.15, 0.2) is 17.6 Å². The molecule has 1 aliphatic rings. The minimum atomic E-state index is -0.301. The van der Waals surface area contributed by atoms with Crippen molar-refractivity contribution in [3.8, 4) is 11.5 Å². The highest BCUT2D eigenvalue weighted by Crippen LogP contribution is 2.35. The molecule has 0 amide bonds. The second kappa shape index (κ2) is 3.88. The summed E-state index contributed by atoms with van der Waals surface area (Å²) in [4.78, 5) is 10.6. The first kappa shape index (κ1) is 9.33. The van der Waals surface area contributed by atoms with Crippen molar-refractivity contribution in [1.82, 2.24) is 0 Å². The molecule has 0 spiro atoms. The average molecular weight is 214 g/mol. The van der Waals surface area contributed by atoms with Crippen LogP contribution in [-0.4, -0.2) is 25.3 Å². The van der Waals surface area contributed by atoms with Crippen molar-refractivity contribution in [1.29, 1.82) is 0 Å². The van der Waals surface area contributed by atoms with E-state index in [2.05, 4.69) is 0 Å². The van der Waals surface area contributed by atoms with Crippen molar-refractivity contribution in [2.75, 3.05) is 13.2 Å². The van der Waals surface area contributed by atoms with E-state index in [4.69, 9.17) is 14.2 Å². The van der Waals surface area contributed by atoms with Crippen molar-refractivity contribution in [2.24, 2.45) is 0 Å². The van der Waals surface area contributed by atoms with Gasteiger partial charge in [-0.2, -0.15) is 0 Å². The molecule has 1 aromatic heterocycles. The van der Waals surface area contributed by atoms with E-state index in [-0.39, 0.29) is 18.7 Å². The minimum absolute atomic E-state index is 0.194.